The third-order valence-electron chi connectivity index (χ3n) is 4.86. The maximum Gasteiger partial charge on any atom is 0.336 e. The second-order valence-electron chi connectivity index (χ2n) is 6.53. The summed E-state index contributed by atoms with van der Waals surface area (Å²) in [6.07, 6.45) is 2.34. The van der Waals surface area contributed by atoms with Gasteiger partial charge in [-0.25, -0.2) is 14.6 Å². The number of nitrogens with zero attached hydrogens (tertiary/aromatic N) is 4. The molecule has 138 valence electrons. The highest BCUT2D eigenvalue weighted by Gasteiger charge is 2.15. The molecule has 0 spiro atoms. The van der Waals surface area contributed by atoms with Gasteiger partial charge < -0.3 is 8.98 Å². The molecule has 0 atom stereocenters. The fraction of sp³-hybridized carbons (Fsp3) is 0.263. The molecule has 0 unspecified atom stereocenters. The summed E-state index contributed by atoms with van der Waals surface area (Å²) >= 11 is 0. The lowest BCUT2D eigenvalue weighted by Crippen LogP contribution is -2.37. The molecule has 0 saturated carbocycles. The summed E-state index contributed by atoms with van der Waals surface area (Å²) in [5, 5.41) is 0.801. The van der Waals surface area contributed by atoms with Gasteiger partial charge in [0.15, 0.2) is 11.2 Å². The van der Waals surface area contributed by atoms with Gasteiger partial charge in [0.1, 0.15) is 5.58 Å². The quantitative estimate of drug-likeness (QED) is 0.507. The third-order valence-corrected chi connectivity index (χ3v) is 4.86. The van der Waals surface area contributed by atoms with E-state index in [4.69, 9.17) is 4.42 Å². The van der Waals surface area contributed by atoms with Crippen LogP contribution >= 0.6 is 0 Å². The van der Waals surface area contributed by atoms with Gasteiger partial charge in [-0.15, -0.1) is 0 Å². The van der Waals surface area contributed by atoms with E-state index < -0.39 is 16.9 Å². The minimum Gasteiger partial charge on any atom is -0.423 e. The number of fused-ring (bicyclic) bond motifs is 2. The molecule has 0 N–H and O–H groups in total. The topological polar surface area (TPSA) is 92.0 Å². The maximum absolute atomic E-state index is 12.6. The molecule has 0 saturated heterocycles. The van der Waals surface area contributed by atoms with Gasteiger partial charge in [0.2, 0.25) is 0 Å². The molecule has 27 heavy (non-hydrogen) atoms. The van der Waals surface area contributed by atoms with Gasteiger partial charge in [0, 0.05) is 25.5 Å². The summed E-state index contributed by atoms with van der Waals surface area (Å²) in [5.41, 5.74) is 1.62. The van der Waals surface area contributed by atoms with Gasteiger partial charge >= 0.3 is 11.3 Å². The Hall–Kier alpha value is -3.42. The molecule has 0 aliphatic heterocycles. The van der Waals surface area contributed by atoms with Crippen LogP contribution in [0.5, 0.6) is 0 Å². The Morgan fingerprint density at radius 1 is 1.07 bits per heavy atom. The summed E-state index contributed by atoms with van der Waals surface area (Å²) in [7, 11) is 3.00. The first-order valence-corrected chi connectivity index (χ1v) is 8.57. The monoisotopic (exact) mass is 366 g/mol. The van der Waals surface area contributed by atoms with Crippen LogP contribution in [0.2, 0.25) is 0 Å². The van der Waals surface area contributed by atoms with Gasteiger partial charge in [0.25, 0.3) is 5.56 Å². The fourth-order valence-corrected chi connectivity index (χ4v) is 3.33. The number of imidazole rings is 1. The van der Waals surface area contributed by atoms with Crippen LogP contribution in [0.3, 0.4) is 0 Å². The zero-order valence-corrected chi connectivity index (χ0v) is 15.2. The summed E-state index contributed by atoms with van der Waals surface area (Å²) in [4.78, 5) is 40.9. The van der Waals surface area contributed by atoms with Crippen molar-refractivity contribution >= 4 is 22.1 Å². The van der Waals surface area contributed by atoms with Crippen LogP contribution in [0.25, 0.3) is 22.1 Å². The Balaban J connectivity index is 1.95. The van der Waals surface area contributed by atoms with Crippen LogP contribution in [-0.4, -0.2) is 18.7 Å². The van der Waals surface area contributed by atoms with Gasteiger partial charge in [-0.05, 0) is 23.6 Å². The van der Waals surface area contributed by atoms with E-state index in [2.05, 4.69) is 4.98 Å². The number of aryl methyl sites for hydroxylation is 2. The van der Waals surface area contributed by atoms with Crippen molar-refractivity contribution < 1.29 is 4.42 Å². The maximum atomic E-state index is 12.6. The van der Waals surface area contributed by atoms with Crippen LogP contribution in [-0.2, 0) is 27.1 Å². The first-order chi connectivity index (χ1) is 12.9. The molecule has 0 radical (unpaired) electrons. The molecule has 0 aliphatic carbocycles. The summed E-state index contributed by atoms with van der Waals surface area (Å²) in [5.74, 6) is 0. The Bertz CT molecular complexity index is 1370. The normalized spacial score (nSPS) is 11.5. The van der Waals surface area contributed by atoms with E-state index >= 15 is 0 Å². The predicted molar refractivity (Wildman–Crippen MR) is 101 cm³/mol. The SMILES string of the molecule is CCc1ccc2c(Cn3cnc4c3c(=O)n(C)c(=O)n4C)cc(=O)oc2c1. The van der Waals surface area contributed by atoms with E-state index in [-0.39, 0.29) is 6.54 Å². The van der Waals surface area contributed by atoms with Crippen LogP contribution in [0, 0.1) is 0 Å². The lowest BCUT2D eigenvalue weighted by atomic mass is 10.1. The van der Waals surface area contributed by atoms with Crippen molar-refractivity contribution in [3.63, 3.8) is 0 Å². The molecule has 0 aliphatic rings. The van der Waals surface area contributed by atoms with Gasteiger partial charge in [-0.1, -0.05) is 19.1 Å². The highest BCUT2D eigenvalue weighted by atomic mass is 16.4. The average Bonchev–Trinajstić information content (AvgIpc) is 3.07. The number of hydrogen-bond acceptors (Lipinski definition) is 5. The number of rotatable bonds is 3. The van der Waals surface area contributed by atoms with Crippen molar-refractivity contribution in [2.75, 3.05) is 0 Å². The lowest BCUT2D eigenvalue weighted by Gasteiger charge is -2.09. The van der Waals surface area contributed by atoms with E-state index in [0.717, 1.165) is 27.5 Å². The zero-order chi connectivity index (χ0) is 19.3. The molecule has 3 aromatic heterocycles. The van der Waals surface area contributed by atoms with Gasteiger partial charge in [-0.2, -0.15) is 0 Å². The average molecular weight is 366 g/mol. The summed E-state index contributed by atoms with van der Waals surface area (Å²) in [6.45, 7) is 2.29. The van der Waals surface area contributed by atoms with Crippen molar-refractivity contribution in [2.24, 2.45) is 14.1 Å². The third kappa shape index (κ3) is 2.61. The molecule has 0 bridgehead atoms. The number of hydrogen-bond donors (Lipinski definition) is 0. The largest absolute Gasteiger partial charge is 0.423 e. The minimum absolute atomic E-state index is 0.261. The van der Waals surface area contributed by atoms with Gasteiger partial charge in [0.05, 0.1) is 12.9 Å². The van der Waals surface area contributed by atoms with Crippen molar-refractivity contribution in [1.29, 1.82) is 0 Å². The molecular formula is C19H18N4O4. The second kappa shape index (κ2) is 6.08. The molecule has 8 nitrogen and oxygen atoms in total. The first-order valence-electron chi connectivity index (χ1n) is 8.57. The molecular weight excluding hydrogens is 348 g/mol. The molecule has 8 heteroatoms. The van der Waals surface area contributed by atoms with Crippen molar-refractivity contribution in [3.8, 4) is 0 Å². The molecule has 0 amide bonds. The van der Waals surface area contributed by atoms with E-state index in [1.165, 1.54) is 24.0 Å². The van der Waals surface area contributed by atoms with Crippen molar-refractivity contribution in [1.82, 2.24) is 18.7 Å². The van der Waals surface area contributed by atoms with Crippen LogP contribution < -0.4 is 16.9 Å². The van der Waals surface area contributed by atoms with E-state index in [1.54, 1.807) is 11.6 Å². The Kier molecular flexibility index (Phi) is 3.83. The standard InChI is InChI=1S/C19H18N4O4/c1-4-11-5-6-13-12(8-15(24)27-14(13)7-11)9-23-10-20-17-16(23)18(25)22(3)19(26)21(17)2/h5-8,10H,4,9H2,1-3H3. The summed E-state index contributed by atoms with van der Waals surface area (Å²) in [6, 6.07) is 7.18. The first kappa shape index (κ1) is 17.0. The predicted octanol–water partition coefficient (Wildman–Crippen LogP) is 1.15. The number of aromatic nitrogens is 4. The van der Waals surface area contributed by atoms with Crippen LogP contribution in [0.4, 0.5) is 0 Å². The Morgan fingerprint density at radius 3 is 2.59 bits per heavy atom. The van der Waals surface area contributed by atoms with Crippen molar-refractivity contribution in [2.45, 2.75) is 19.9 Å². The Morgan fingerprint density at radius 2 is 1.85 bits per heavy atom. The second-order valence-corrected chi connectivity index (χ2v) is 6.53. The van der Waals surface area contributed by atoms with E-state index in [9.17, 15) is 14.4 Å². The molecule has 0 fully saturated rings. The van der Waals surface area contributed by atoms with E-state index in [0.29, 0.717) is 16.7 Å². The van der Waals surface area contributed by atoms with Crippen LogP contribution in [0.15, 0.2) is 49.4 Å². The number of benzene rings is 1. The molecule has 4 aromatic rings. The summed E-state index contributed by atoms with van der Waals surface area (Å²) < 4.78 is 9.37. The van der Waals surface area contributed by atoms with E-state index in [1.807, 2.05) is 25.1 Å². The van der Waals surface area contributed by atoms with Crippen LogP contribution in [0.1, 0.15) is 18.1 Å². The highest BCUT2D eigenvalue weighted by Crippen LogP contribution is 2.21. The minimum atomic E-state index is -0.449. The molecule has 1 aromatic carbocycles. The lowest BCUT2D eigenvalue weighted by molar-refractivity contribution is 0.557. The molecule has 4 rings (SSSR count). The highest BCUT2D eigenvalue weighted by molar-refractivity contribution is 5.81. The smallest absolute Gasteiger partial charge is 0.336 e. The Labute approximate surface area is 152 Å². The zero-order valence-electron chi connectivity index (χ0n) is 15.2. The fourth-order valence-electron chi connectivity index (χ4n) is 3.33. The van der Waals surface area contributed by atoms with Gasteiger partial charge in [-0.3, -0.25) is 13.9 Å². The van der Waals surface area contributed by atoms with Crippen molar-refractivity contribution in [3.05, 3.63) is 73.0 Å². The molecule has 3 heterocycles.